The lowest BCUT2D eigenvalue weighted by Gasteiger charge is -2.18. The second-order valence-corrected chi connectivity index (χ2v) is 6.81. The van der Waals surface area contributed by atoms with Crippen LogP contribution in [0, 0.1) is 6.92 Å². The fraction of sp³-hybridized carbons (Fsp3) is 0.286. The van der Waals surface area contributed by atoms with Gasteiger partial charge in [0.1, 0.15) is 13.2 Å². The summed E-state index contributed by atoms with van der Waals surface area (Å²) < 4.78 is 15.8. The van der Waals surface area contributed by atoms with Gasteiger partial charge in [0.2, 0.25) is 0 Å². The van der Waals surface area contributed by atoms with Gasteiger partial charge in [-0.2, -0.15) is 0 Å². The van der Waals surface area contributed by atoms with Gasteiger partial charge in [-0.15, -0.1) is 0 Å². The number of amides is 1. The first-order valence-corrected chi connectivity index (χ1v) is 9.45. The lowest BCUT2D eigenvalue weighted by Crippen LogP contribution is -2.21. The topological polar surface area (TPSA) is 90.9 Å². The molecule has 0 aliphatic carbocycles. The molecule has 0 spiro atoms. The fourth-order valence-corrected chi connectivity index (χ4v) is 2.90. The van der Waals surface area contributed by atoms with Crippen molar-refractivity contribution in [2.45, 2.75) is 19.8 Å². The molecule has 8 heteroatoms. The number of ketones is 1. The third kappa shape index (κ3) is 5.48. The second-order valence-electron chi connectivity index (χ2n) is 6.40. The summed E-state index contributed by atoms with van der Waals surface area (Å²) in [6.07, 6.45) is -0.162. The van der Waals surface area contributed by atoms with Gasteiger partial charge >= 0.3 is 5.97 Å². The average Bonchev–Trinajstić information content (AvgIpc) is 2.73. The highest BCUT2D eigenvalue weighted by Crippen LogP contribution is 2.31. The van der Waals surface area contributed by atoms with Crippen molar-refractivity contribution in [3.05, 3.63) is 52.5 Å². The van der Waals surface area contributed by atoms with Crippen molar-refractivity contribution in [3.63, 3.8) is 0 Å². The molecule has 0 fully saturated rings. The van der Waals surface area contributed by atoms with Crippen molar-refractivity contribution in [2.24, 2.45) is 0 Å². The number of nitrogens with one attached hydrogen (secondary N) is 1. The summed E-state index contributed by atoms with van der Waals surface area (Å²) in [5, 5.41) is 3.16. The third-order valence-electron chi connectivity index (χ3n) is 4.33. The van der Waals surface area contributed by atoms with E-state index in [4.69, 9.17) is 25.8 Å². The van der Waals surface area contributed by atoms with Crippen LogP contribution in [-0.2, 0) is 14.3 Å². The largest absolute Gasteiger partial charge is 0.486 e. The Morgan fingerprint density at radius 3 is 2.62 bits per heavy atom. The van der Waals surface area contributed by atoms with Gasteiger partial charge < -0.3 is 19.5 Å². The molecule has 0 aromatic heterocycles. The van der Waals surface area contributed by atoms with E-state index in [-0.39, 0.29) is 18.6 Å². The van der Waals surface area contributed by atoms with Crippen LogP contribution in [0.3, 0.4) is 0 Å². The van der Waals surface area contributed by atoms with E-state index in [9.17, 15) is 14.4 Å². The van der Waals surface area contributed by atoms with Crippen molar-refractivity contribution in [2.75, 3.05) is 25.1 Å². The first-order chi connectivity index (χ1) is 13.9. The first kappa shape index (κ1) is 20.7. The van der Waals surface area contributed by atoms with Crippen LogP contribution in [0.2, 0.25) is 5.02 Å². The predicted octanol–water partition coefficient (Wildman–Crippen LogP) is 3.56. The van der Waals surface area contributed by atoms with Gasteiger partial charge in [-0.25, -0.2) is 0 Å². The summed E-state index contributed by atoms with van der Waals surface area (Å²) in [5.41, 5.74) is 1.70. The Hall–Kier alpha value is -3.06. The molecule has 0 atom stereocenters. The highest BCUT2D eigenvalue weighted by Gasteiger charge is 2.17. The van der Waals surface area contributed by atoms with Gasteiger partial charge in [-0.05, 0) is 42.8 Å². The number of carbonyl (C=O) groups is 3. The lowest BCUT2D eigenvalue weighted by molar-refractivity contribution is -0.147. The number of Topliss-reactive ketones (excluding diaryl/α,β-unsaturated/α-hetero) is 1. The standard InChI is InChI=1S/C21H20ClNO6/c1-13-15(22)3-2-4-16(13)23-20(25)12-29-21(26)8-6-17(24)14-5-7-18-19(11-14)28-10-9-27-18/h2-5,7,11H,6,8-10,12H2,1H3,(H,23,25). The van der Waals surface area contributed by atoms with Gasteiger partial charge in [-0.3, -0.25) is 14.4 Å². The Morgan fingerprint density at radius 2 is 1.83 bits per heavy atom. The Balaban J connectivity index is 1.44. The molecule has 0 unspecified atom stereocenters. The molecule has 2 aromatic carbocycles. The van der Waals surface area contributed by atoms with E-state index >= 15 is 0 Å². The van der Waals surface area contributed by atoms with Crippen LogP contribution in [0.4, 0.5) is 5.69 Å². The summed E-state index contributed by atoms with van der Waals surface area (Å²) in [4.78, 5) is 36.1. The Morgan fingerprint density at radius 1 is 1.07 bits per heavy atom. The van der Waals surface area contributed by atoms with E-state index in [1.165, 1.54) is 0 Å². The number of hydrogen-bond acceptors (Lipinski definition) is 6. The second kappa shape index (κ2) is 9.43. The van der Waals surface area contributed by atoms with Gasteiger partial charge in [-0.1, -0.05) is 17.7 Å². The maximum absolute atomic E-state index is 12.3. The number of fused-ring (bicyclic) bond motifs is 1. The normalized spacial score (nSPS) is 12.2. The minimum absolute atomic E-state index is 0.0342. The van der Waals surface area contributed by atoms with Crippen molar-refractivity contribution in [1.82, 2.24) is 0 Å². The summed E-state index contributed by atoms with van der Waals surface area (Å²) in [6, 6.07) is 10.0. The number of benzene rings is 2. The van der Waals surface area contributed by atoms with Crippen molar-refractivity contribution in [3.8, 4) is 11.5 Å². The molecule has 0 saturated heterocycles. The molecule has 2 aromatic rings. The van der Waals surface area contributed by atoms with Crippen LogP contribution in [0.25, 0.3) is 0 Å². The maximum atomic E-state index is 12.3. The summed E-state index contributed by atoms with van der Waals surface area (Å²) in [5.74, 6) is -0.237. The molecule has 152 valence electrons. The van der Waals surface area contributed by atoms with Crippen LogP contribution < -0.4 is 14.8 Å². The molecule has 0 bridgehead atoms. The Labute approximate surface area is 172 Å². The van der Waals surface area contributed by atoms with Gasteiger partial charge in [0.15, 0.2) is 23.9 Å². The number of anilines is 1. The highest BCUT2D eigenvalue weighted by molar-refractivity contribution is 6.31. The van der Waals surface area contributed by atoms with E-state index in [0.29, 0.717) is 41.0 Å². The van der Waals surface area contributed by atoms with Crippen LogP contribution in [0.5, 0.6) is 11.5 Å². The van der Waals surface area contributed by atoms with E-state index < -0.39 is 18.5 Å². The number of hydrogen-bond donors (Lipinski definition) is 1. The number of ether oxygens (including phenoxy) is 3. The Kier molecular flexibility index (Phi) is 6.72. The van der Waals surface area contributed by atoms with Crippen LogP contribution in [0.15, 0.2) is 36.4 Å². The van der Waals surface area contributed by atoms with E-state index in [0.717, 1.165) is 5.56 Å². The molecular weight excluding hydrogens is 398 g/mol. The Bertz CT molecular complexity index is 943. The minimum atomic E-state index is -0.631. The molecule has 1 amide bonds. The SMILES string of the molecule is Cc1c(Cl)cccc1NC(=O)COC(=O)CCC(=O)c1ccc2c(c1)OCCO2. The zero-order valence-electron chi connectivity index (χ0n) is 15.8. The molecule has 1 aliphatic heterocycles. The van der Waals surface area contributed by atoms with Crippen LogP contribution >= 0.6 is 11.6 Å². The van der Waals surface area contributed by atoms with Gasteiger partial charge in [0.05, 0.1) is 6.42 Å². The molecule has 29 heavy (non-hydrogen) atoms. The van der Waals surface area contributed by atoms with Gasteiger partial charge in [0.25, 0.3) is 5.91 Å². The number of rotatable bonds is 7. The maximum Gasteiger partial charge on any atom is 0.306 e. The van der Waals surface area contributed by atoms with E-state index in [1.807, 2.05) is 0 Å². The smallest absolute Gasteiger partial charge is 0.306 e. The molecular formula is C21H20ClNO6. The lowest BCUT2D eigenvalue weighted by atomic mass is 10.1. The predicted molar refractivity (Wildman–Crippen MR) is 107 cm³/mol. The van der Waals surface area contributed by atoms with Gasteiger partial charge in [0, 0.05) is 22.7 Å². The number of carbonyl (C=O) groups excluding carboxylic acids is 3. The average molecular weight is 418 g/mol. The first-order valence-electron chi connectivity index (χ1n) is 9.07. The molecule has 0 saturated carbocycles. The van der Waals surface area contributed by atoms with E-state index in [1.54, 1.807) is 43.3 Å². The molecule has 1 N–H and O–H groups in total. The molecule has 1 aliphatic rings. The summed E-state index contributed by atoms with van der Waals surface area (Å²) in [7, 11) is 0. The zero-order valence-corrected chi connectivity index (χ0v) is 16.6. The third-order valence-corrected chi connectivity index (χ3v) is 4.74. The van der Waals surface area contributed by atoms with E-state index in [2.05, 4.69) is 5.32 Å². The van der Waals surface area contributed by atoms with Crippen LogP contribution in [0.1, 0.15) is 28.8 Å². The van der Waals surface area contributed by atoms with Crippen molar-refractivity contribution in [1.29, 1.82) is 0 Å². The highest BCUT2D eigenvalue weighted by atomic mass is 35.5. The molecule has 3 rings (SSSR count). The monoisotopic (exact) mass is 417 g/mol. The van der Waals surface area contributed by atoms with Crippen molar-refractivity contribution < 1.29 is 28.6 Å². The zero-order chi connectivity index (χ0) is 20.8. The summed E-state index contributed by atoms with van der Waals surface area (Å²) >= 11 is 6.00. The minimum Gasteiger partial charge on any atom is -0.486 e. The number of halogens is 1. The summed E-state index contributed by atoms with van der Waals surface area (Å²) in [6.45, 7) is 2.22. The fourth-order valence-electron chi connectivity index (χ4n) is 2.72. The van der Waals surface area contributed by atoms with Crippen molar-refractivity contribution >= 4 is 34.9 Å². The quantitative estimate of drug-likeness (QED) is 0.547. The van der Waals surface area contributed by atoms with Crippen LogP contribution in [-0.4, -0.2) is 37.5 Å². The molecule has 1 heterocycles. The number of esters is 1. The molecule has 7 nitrogen and oxygen atoms in total. The molecule has 0 radical (unpaired) electrons.